The van der Waals surface area contributed by atoms with Crippen LogP contribution in [0, 0.1) is 0 Å². The normalized spacial score (nSPS) is 19.0. The highest BCUT2D eigenvalue weighted by molar-refractivity contribution is 5.36. The van der Waals surface area contributed by atoms with E-state index in [4.69, 9.17) is 0 Å². The lowest BCUT2D eigenvalue weighted by Crippen LogP contribution is -2.17. The zero-order valence-electron chi connectivity index (χ0n) is 12.8. The Kier molecular flexibility index (Phi) is 4.40. The number of benzene rings is 2. The third-order valence-electron chi connectivity index (χ3n) is 4.63. The minimum atomic E-state index is -0.386. The second-order valence-electron chi connectivity index (χ2n) is 6.14. The largest absolute Gasteiger partial charge is 0.388 e. The molecule has 2 aromatic rings. The third-order valence-corrected chi connectivity index (χ3v) is 4.63. The molecule has 1 aliphatic rings. The van der Waals surface area contributed by atoms with Crippen molar-refractivity contribution in [1.29, 1.82) is 0 Å². The zero-order valence-corrected chi connectivity index (χ0v) is 12.8. The van der Waals surface area contributed by atoms with Gasteiger partial charge >= 0.3 is 0 Å². The standard InChI is InChI=1S/C20H24O/c1-2-7-15-8-5-11-17(14-15)20(21)19-13-6-10-16-9-3-4-12-18(16)19/h3-5,8-9,11-12,14,19-21H,2,6-7,10,13H2,1H3. The highest BCUT2D eigenvalue weighted by atomic mass is 16.3. The fourth-order valence-corrected chi connectivity index (χ4v) is 3.57. The Morgan fingerprint density at radius 1 is 1.14 bits per heavy atom. The molecule has 1 heteroatoms. The van der Waals surface area contributed by atoms with Gasteiger partial charge in [0.25, 0.3) is 0 Å². The summed E-state index contributed by atoms with van der Waals surface area (Å²) in [4.78, 5) is 0. The van der Waals surface area contributed by atoms with Gasteiger partial charge in [-0.05, 0) is 47.9 Å². The highest BCUT2D eigenvalue weighted by Crippen LogP contribution is 2.40. The van der Waals surface area contributed by atoms with Crippen molar-refractivity contribution in [3.8, 4) is 0 Å². The van der Waals surface area contributed by atoms with Crippen LogP contribution < -0.4 is 0 Å². The smallest absolute Gasteiger partial charge is 0.0858 e. The number of aliphatic hydroxyl groups excluding tert-OH is 1. The molecule has 1 N–H and O–H groups in total. The van der Waals surface area contributed by atoms with E-state index in [1.165, 1.54) is 23.1 Å². The summed E-state index contributed by atoms with van der Waals surface area (Å²) in [5, 5.41) is 10.9. The van der Waals surface area contributed by atoms with Crippen LogP contribution in [0.1, 0.15) is 60.5 Å². The van der Waals surface area contributed by atoms with Crippen LogP contribution in [0.15, 0.2) is 48.5 Å². The fraction of sp³-hybridized carbons (Fsp3) is 0.400. The third kappa shape index (κ3) is 3.03. The van der Waals surface area contributed by atoms with Gasteiger partial charge in [0, 0.05) is 5.92 Å². The van der Waals surface area contributed by atoms with Crippen molar-refractivity contribution in [2.75, 3.05) is 0 Å². The summed E-state index contributed by atoms with van der Waals surface area (Å²) >= 11 is 0. The summed E-state index contributed by atoms with van der Waals surface area (Å²) in [6, 6.07) is 17.1. The molecule has 2 atom stereocenters. The Labute approximate surface area is 127 Å². The van der Waals surface area contributed by atoms with Gasteiger partial charge in [-0.1, -0.05) is 61.9 Å². The molecule has 0 aliphatic heterocycles. The second kappa shape index (κ2) is 6.44. The number of aliphatic hydroxyl groups is 1. The second-order valence-corrected chi connectivity index (χ2v) is 6.14. The van der Waals surface area contributed by atoms with Crippen molar-refractivity contribution in [2.24, 2.45) is 0 Å². The number of rotatable bonds is 4. The monoisotopic (exact) mass is 280 g/mol. The SMILES string of the molecule is CCCc1cccc(C(O)C2CCCc3ccccc32)c1. The van der Waals surface area contributed by atoms with Crippen LogP contribution in [0.3, 0.4) is 0 Å². The predicted molar refractivity (Wildman–Crippen MR) is 87.5 cm³/mol. The average Bonchev–Trinajstić information content (AvgIpc) is 2.54. The van der Waals surface area contributed by atoms with Crippen molar-refractivity contribution in [1.82, 2.24) is 0 Å². The molecule has 0 spiro atoms. The summed E-state index contributed by atoms with van der Waals surface area (Å²) in [6.45, 7) is 2.19. The first-order chi connectivity index (χ1) is 10.3. The Morgan fingerprint density at radius 3 is 2.86 bits per heavy atom. The minimum absolute atomic E-state index is 0.242. The average molecular weight is 280 g/mol. The lowest BCUT2D eigenvalue weighted by Gasteiger charge is -2.30. The summed E-state index contributed by atoms with van der Waals surface area (Å²) in [6.07, 6.45) is 5.25. The van der Waals surface area contributed by atoms with Crippen molar-refractivity contribution in [3.05, 3.63) is 70.8 Å². The molecular formula is C20H24O. The molecule has 0 saturated carbocycles. The van der Waals surface area contributed by atoms with E-state index in [1.54, 1.807) is 0 Å². The van der Waals surface area contributed by atoms with Crippen LogP contribution in [0.4, 0.5) is 0 Å². The molecule has 110 valence electrons. The van der Waals surface area contributed by atoms with E-state index in [0.29, 0.717) is 0 Å². The number of fused-ring (bicyclic) bond motifs is 1. The molecule has 1 nitrogen and oxygen atoms in total. The molecule has 0 heterocycles. The molecular weight excluding hydrogens is 256 g/mol. The van der Waals surface area contributed by atoms with Crippen molar-refractivity contribution >= 4 is 0 Å². The van der Waals surface area contributed by atoms with Crippen LogP contribution >= 0.6 is 0 Å². The van der Waals surface area contributed by atoms with Crippen molar-refractivity contribution in [3.63, 3.8) is 0 Å². The quantitative estimate of drug-likeness (QED) is 0.853. The lowest BCUT2D eigenvalue weighted by atomic mass is 9.78. The van der Waals surface area contributed by atoms with E-state index in [0.717, 1.165) is 31.2 Å². The molecule has 1 aliphatic carbocycles. The Bertz CT molecular complexity index is 602. The van der Waals surface area contributed by atoms with Gasteiger partial charge in [-0.25, -0.2) is 0 Å². The van der Waals surface area contributed by atoms with Crippen molar-refractivity contribution in [2.45, 2.75) is 51.0 Å². The van der Waals surface area contributed by atoms with E-state index in [9.17, 15) is 5.11 Å². The first-order valence-corrected chi connectivity index (χ1v) is 8.14. The maximum Gasteiger partial charge on any atom is 0.0858 e. The van der Waals surface area contributed by atoms with Crippen LogP contribution in [-0.4, -0.2) is 5.11 Å². The topological polar surface area (TPSA) is 20.2 Å². The van der Waals surface area contributed by atoms with Crippen LogP contribution in [0.2, 0.25) is 0 Å². The maximum absolute atomic E-state index is 10.9. The molecule has 2 unspecified atom stereocenters. The van der Waals surface area contributed by atoms with Crippen LogP contribution in [-0.2, 0) is 12.8 Å². The molecule has 0 amide bonds. The van der Waals surface area contributed by atoms with Crippen LogP contribution in [0.5, 0.6) is 0 Å². The van der Waals surface area contributed by atoms with Gasteiger partial charge in [0.1, 0.15) is 0 Å². The molecule has 0 bridgehead atoms. The van der Waals surface area contributed by atoms with E-state index < -0.39 is 0 Å². The Hall–Kier alpha value is -1.60. The summed E-state index contributed by atoms with van der Waals surface area (Å²) in [7, 11) is 0. The molecule has 21 heavy (non-hydrogen) atoms. The summed E-state index contributed by atoms with van der Waals surface area (Å²) < 4.78 is 0. The first-order valence-electron chi connectivity index (χ1n) is 8.14. The number of hydrogen-bond donors (Lipinski definition) is 1. The van der Waals surface area contributed by atoms with Crippen LogP contribution in [0.25, 0.3) is 0 Å². The number of aryl methyl sites for hydroxylation is 2. The van der Waals surface area contributed by atoms with Gasteiger partial charge in [-0.3, -0.25) is 0 Å². The summed E-state index contributed by atoms with van der Waals surface area (Å²) in [5.41, 5.74) is 5.16. The first kappa shape index (κ1) is 14.3. The maximum atomic E-state index is 10.9. The van der Waals surface area contributed by atoms with E-state index >= 15 is 0 Å². The van der Waals surface area contributed by atoms with E-state index in [2.05, 4.69) is 55.5 Å². The fourth-order valence-electron chi connectivity index (χ4n) is 3.57. The molecule has 0 radical (unpaired) electrons. The minimum Gasteiger partial charge on any atom is -0.388 e. The molecule has 3 rings (SSSR count). The van der Waals surface area contributed by atoms with Gasteiger partial charge < -0.3 is 5.11 Å². The highest BCUT2D eigenvalue weighted by Gasteiger charge is 2.27. The van der Waals surface area contributed by atoms with Gasteiger partial charge in [0.2, 0.25) is 0 Å². The van der Waals surface area contributed by atoms with Gasteiger partial charge in [0.15, 0.2) is 0 Å². The zero-order chi connectivity index (χ0) is 14.7. The molecule has 0 fully saturated rings. The van der Waals surface area contributed by atoms with Gasteiger partial charge in [0.05, 0.1) is 6.10 Å². The van der Waals surface area contributed by atoms with E-state index in [1.807, 2.05) is 0 Å². The Balaban J connectivity index is 1.89. The molecule has 0 aromatic heterocycles. The van der Waals surface area contributed by atoms with Crippen molar-refractivity contribution < 1.29 is 5.11 Å². The van der Waals surface area contributed by atoms with E-state index in [-0.39, 0.29) is 12.0 Å². The number of hydrogen-bond acceptors (Lipinski definition) is 1. The van der Waals surface area contributed by atoms with Gasteiger partial charge in [-0.2, -0.15) is 0 Å². The Morgan fingerprint density at radius 2 is 2.00 bits per heavy atom. The lowest BCUT2D eigenvalue weighted by molar-refractivity contribution is 0.136. The summed E-state index contributed by atoms with van der Waals surface area (Å²) in [5.74, 6) is 0.242. The molecule has 0 saturated heterocycles. The predicted octanol–water partition coefficient (Wildman–Crippen LogP) is 4.79. The molecule has 2 aromatic carbocycles. The van der Waals surface area contributed by atoms with Gasteiger partial charge in [-0.15, -0.1) is 0 Å².